The highest BCUT2D eigenvalue weighted by atomic mass is 35.5. The van der Waals surface area contributed by atoms with Gasteiger partial charge in [-0.25, -0.2) is 0 Å². The van der Waals surface area contributed by atoms with E-state index in [9.17, 15) is 4.79 Å². The fraction of sp³-hybridized carbons (Fsp3) is 0.200. The van der Waals surface area contributed by atoms with Gasteiger partial charge in [0.1, 0.15) is 0 Å². The highest BCUT2D eigenvalue weighted by molar-refractivity contribution is 6.68. The van der Waals surface area contributed by atoms with Crippen molar-refractivity contribution in [2.45, 2.75) is 6.92 Å². The summed E-state index contributed by atoms with van der Waals surface area (Å²) in [5.74, 6) is -0.320. The van der Waals surface area contributed by atoms with Gasteiger partial charge in [0.05, 0.1) is 0 Å². The number of halogens is 1. The summed E-state index contributed by atoms with van der Waals surface area (Å²) in [5.41, 5.74) is 3.76. The summed E-state index contributed by atoms with van der Waals surface area (Å²) in [7, 11) is 0. The molecular formula is C5H4ClN2O. The molecule has 0 aromatic rings. The molecule has 1 amide bonds. The molecule has 1 aliphatic heterocycles. The Hall–Kier alpha value is -0.830. The predicted molar refractivity (Wildman–Crippen MR) is 34.2 cm³/mol. The molecule has 4 heteroatoms. The molecule has 0 aromatic heterocycles. The van der Waals surface area contributed by atoms with Crippen LogP contribution in [0, 0.1) is 0 Å². The fourth-order valence-electron chi connectivity index (χ4n) is 0.441. The summed E-state index contributed by atoms with van der Waals surface area (Å²) in [6.45, 7) is 1.64. The van der Waals surface area contributed by atoms with Crippen LogP contribution in [-0.4, -0.2) is 11.1 Å². The lowest BCUT2D eigenvalue weighted by Crippen LogP contribution is -2.16. The lowest BCUT2D eigenvalue weighted by atomic mass is 10.2. The summed E-state index contributed by atoms with van der Waals surface area (Å²) in [6.07, 6.45) is 1.48. The molecule has 0 saturated carbocycles. The number of rotatable bonds is 0. The topological polar surface area (TPSA) is 43.5 Å². The van der Waals surface area contributed by atoms with Gasteiger partial charge in [0, 0.05) is 5.57 Å². The highest BCUT2D eigenvalue weighted by Crippen LogP contribution is 2.02. The molecule has 1 radical (unpaired) electrons. The largest absolute Gasteiger partial charge is 0.291 e. The maximum Gasteiger partial charge on any atom is 0.291 e. The minimum Gasteiger partial charge on any atom is -0.265 e. The summed E-state index contributed by atoms with van der Waals surface area (Å²) >= 11 is 5.40. The standard InChI is InChI=1S/C5H4ClN2O/c1-3-2-4(6)7-8-5(3)9/h2H,1H3. The highest BCUT2D eigenvalue weighted by Gasteiger charge is 2.10. The molecule has 0 fully saturated rings. The average Bonchev–Trinajstić information content (AvgIpc) is 1.80. The van der Waals surface area contributed by atoms with Crippen LogP contribution in [0.1, 0.15) is 6.92 Å². The minimum absolute atomic E-state index is 0.257. The zero-order chi connectivity index (χ0) is 6.85. The summed E-state index contributed by atoms with van der Waals surface area (Å²) in [4.78, 5) is 10.5. The Labute approximate surface area is 57.4 Å². The van der Waals surface area contributed by atoms with Crippen molar-refractivity contribution >= 4 is 22.7 Å². The van der Waals surface area contributed by atoms with E-state index in [1.54, 1.807) is 6.92 Å². The summed E-state index contributed by atoms with van der Waals surface area (Å²) < 4.78 is 0. The second kappa shape index (κ2) is 2.19. The average molecular weight is 144 g/mol. The van der Waals surface area contributed by atoms with Crippen molar-refractivity contribution in [2.24, 2.45) is 5.10 Å². The van der Waals surface area contributed by atoms with Crippen LogP contribution in [-0.2, 0) is 4.79 Å². The predicted octanol–water partition coefficient (Wildman–Crippen LogP) is 0.630. The first-order valence-corrected chi connectivity index (χ1v) is 2.75. The van der Waals surface area contributed by atoms with E-state index in [0.717, 1.165) is 0 Å². The van der Waals surface area contributed by atoms with Crippen LogP contribution in [0.4, 0.5) is 0 Å². The first kappa shape index (κ1) is 6.29. The van der Waals surface area contributed by atoms with Gasteiger partial charge in [-0.05, 0) is 13.0 Å². The van der Waals surface area contributed by atoms with E-state index in [2.05, 4.69) is 10.5 Å². The van der Waals surface area contributed by atoms with E-state index in [-0.39, 0.29) is 11.1 Å². The van der Waals surface area contributed by atoms with Crippen molar-refractivity contribution in [3.05, 3.63) is 11.6 Å². The molecule has 9 heavy (non-hydrogen) atoms. The van der Waals surface area contributed by atoms with Crippen LogP contribution in [0.3, 0.4) is 0 Å². The first-order valence-electron chi connectivity index (χ1n) is 2.37. The number of hydrogen-bond donors (Lipinski definition) is 0. The molecule has 1 rings (SSSR count). The zero-order valence-corrected chi connectivity index (χ0v) is 5.51. The third-order valence-corrected chi connectivity index (χ3v) is 1.09. The Morgan fingerprint density at radius 3 is 2.78 bits per heavy atom. The molecule has 3 nitrogen and oxygen atoms in total. The Bertz CT molecular complexity index is 207. The van der Waals surface area contributed by atoms with Gasteiger partial charge in [0.25, 0.3) is 5.91 Å². The molecule has 0 aromatic carbocycles. The van der Waals surface area contributed by atoms with Crippen molar-refractivity contribution in [3.8, 4) is 0 Å². The van der Waals surface area contributed by atoms with Gasteiger partial charge in [-0.3, -0.25) is 4.79 Å². The molecule has 0 saturated heterocycles. The number of carbonyl (C=O) groups excluding carboxylic acids is 1. The molecule has 0 N–H and O–H groups in total. The molecule has 0 spiro atoms. The second-order valence-corrected chi connectivity index (χ2v) is 2.04. The Kier molecular flexibility index (Phi) is 1.53. The van der Waals surface area contributed by atoms with Crippen molar-refractivity contribution in [1.82, 2.24) is 5.43 Å². The van der Waals surface area contributed by atoms with E-state index in [1.807, 2.05) is 0 Å². The minimum atomic E-state index is -0.320. The SMILES string of the molecule is CC1=CC(Cl)=N[N]C1=O. The van der Waals surface area contributed by atoms with E-state index < -0.39 is 0 Å². The van der Waals surface area contributed by atoms with Gasteiger partial charge in [-0.2, -0.15) is 0 Å². The van der Waals surface area contributed by atoms with Gasteiger partial charge in [-0.15, -0.1) is 10.5 Å². The number of amides is 1. The van der Waals surface area contributed by atoms with E-state index >= 15 is 0 Å². The summed E-state index contributed by atoms with van der Waals surface area (Å²) in [5, 5.41) is 3.60. The van der Waals surface area contributed by atoms with Crippen LogP contribution in [0.15, 0.2) is 16.8 Å². The number of nitrogens with zero attached hydrogens (tertiary/aromatic N) is 2. The van der Waals surface area contributed by atoms with Crippen LogP contribution in [0.25, 0.3) is 0 Å². The molecule has 0 unspecified atom stereocenters. The molecule has 47 valence electrons. The van der Waals surface area contributed by atoms with Gasteiger partial charge in [0.2, 0.25) is 0 Å². The number of allylic oxidation sites excluding steroid dienone is 1. The lowest BCUT2D eigenvalue weighted by Gasteiger charge is -2.00. The van der Waals surface area contributed by atoms with Gasteiger partial charge < -0.3 is 0 Å². The van der Waals surface area contributed by atoms with Crippen LogP contribution >= 0.6 is 11.6 Å². The van der Waals surface area contributed by atoms with E-state index in [4.69, 9.17) is 11.6 Å². The van der Waals surface area contributed by atoms with Gasteiger partial charge in [0.15, 0.2) is 5.17 Å². The third-order valence-electron chi connectivity index (χ3n) is 0.909. The normalized spacial score (nSPS) is 18.2. The molecule has 1 heterocycles. The fourth-order valence-corrected chi connectivity index (χ4v) is 0.643. The van der Waals surface area contributed by atoms with Crippen LogP contribution in [0.5, 0.6) is 0 Å². The van der Waals surface area contributed by atoms with Crippen LogP contribution in [0.2, 0.25) is 0 Å². The van der Waals surface area contributed by atoms with Crippen molar-refractivity contribution in [3.63, 3.8) is 0 Å². The Morgan fingerprint density at radius 1 is 1.67 bits per heavy atom. The molecule has 1 aliphatic rings. The maximum atomic E-state index is 10.5. The lowest BCUT2D eigenvalue weighted by molar-refractivity contribution is -0.117. The maximum absolute atomic E-state index is 10.5. The van der Waals surface area contributed by atoms with Gasteiger partial charge >= 0.3 is 0 Å². The Morgan fingerprint density at radius 2 is 2.33 bits per heavy atom. The molecule has 0 bridgehead atoms. The molecular weight excluding hydrogens is 140 g/mol. The quantitative estimate of drug-likeness (QED) is 0.491. The van der Waals surface area contributed by atoms with Crippen molar-refractivity contribution in [2.75, 3.05) is 0 Å². The zero-order valence-electron chi connectivity index (χ0n) is 4.76. The summed E-state index contributed by atoms with van der Waals surface area (Å²) in [6, 6.07) is 0. The smallest absolute Gasteiger partial charge is 0.265 e. The van der Waals surface area contributed by atoms with E-state index in [0.29, 0.717) is 5.57 Å². The monoisotopic (exact) mass is 143 g/mol. The van der Waals surface area contributed by atoms with E-state index in [1.165, 1.54) is 6.08 Å². The Balaban J connectivity index is 2.87. The van der Waals surface area contributed by atoms with Crippen molar-refractivity contribution < 1.29 is 4.79 Å². The van der Waals surface area contributed by atoms with Crippen molar-refractivity contribution in [1.29, 1.82) is 0 Å². The number of hydrogen-bond acceptors (Lipinski definition) is 2. The molecule has 0 atom stereocenters. The second-order valence-electron chi connectivity index (χ2n) is 1.66. The van der Waals surface area contributed by atoms with Crippen LogP contribution < -0.4 is 5.43 Å². The first-order chi connectivity index (χ1) is 4.20. The third kappa shape index (κ3) is 1.29. The molecule has 0 aliphatic carbocycles. The van der Waals surface area contributed by atoms with Gasteiger partial charge in [-0.1, -0.05) is 11.6 Å². The number of carbonyl (C=O) groups is 1.